The molecule has 24 heavy (non-hydrogen) atoms. The lowest BCUT2D eigenvalue weighted by atomic mass is 10.2. The second kappa shape index (κ2) is 7.25. The van der Waals surface area contributed by atoms with E-state index in [0.717, 1.165) is 29.5 Å². The maximum atomic E-state index is 6.42. The standard InChI is InChI=1S/C19H23N3O2/c1-3-4-5-6-7-17-21-19-16(12-13-24-19)18(20)22(17)14-8-10-15(23-2)11-9-14/h6-13,17H,3-5,20H2,1-2H3/b7-6+. The van der Waals surface area contributed by atoms with Crippen LogP contribution in [0.4, 0.5) is 5.69 Å². The van der Waals surface area contributed by atoms with Crippen molar-refractivity contribution in [3.05, 3.63) is 59.5 Å². The number of anilines is 1. The summed E-state index contributed by atoms with van der Waals surface area (Å²) in [7, 11) is 1.66. The van der Waals surface area contributed by atoms with Crippen LogP contribution in [0.1, 0.15) is 26.2 Å². The van der Waals surface area contributed by atoms with Crippen molar-refractivity contribution in [2.24, 2.45) is 10.7 Å². The van der Waals surface area contributed by atoms with Crippen molar-refractivity contribution >= 4 is 11.5 Å². The lowest BCUT2D eigenvalue weighted by Gasteiger charge is -2.30. The Labute approximate surface area is 141 Å². The molecule has 2 N–H and O–H groups in total. The Balaban J connectivity index is 1.99. The number of allylic oxidation sites excluding steroid dienone is 1. The fourth-order valence-electron chi connectivity index (χ4n) is 2.75. The molecule has 5 heteroatoms. The summed E-state index contributed by atoms with van der Waals surface area (Å²) < 4.78 is 10.7. The Morgan fingerprint density at radius 2 is 2.08 bits per heavy atom. The van der Waals surface area contributed by atoms with Crippen LogP contribution in [0.3, 0.4) is 0 Å². The van der Waals surface area contributed by atoms with Crippen LogP contribution < -0.4 is 26.1 Å². The van der Waals surface area contributed by atoms with Crippen molar-refractivity contribution in [1.82, 2.24) is 0 Å². The largest absolute Gasteiger partial charge is 0.497 e. The van der Waals surface area contributed by atoms with Crippen molar-refractivity contribution in [3.8, 4) is 5.75 Å². The summed E-state index contributed by atoms with van der Waals surface area (Å²) in [6.45, 7) is 2.18. The highest BCUT2D eigenvalue weighted by Crippen LogP contribution is 2.25. The van der Waals surface area contributed by atoms with Gasteiger partial charge in [-0.2, -0.15) is 0 Å². The Kier molecular flexibility index (Phi) is 4.89. The Morgan fingerprint density at radius 3 is 2.79 bits per heavy atom. The SMILES string of the molecule is CCCC/C=C/C1N=c2occc2=C(N)N1c1ccc(OC)cc1. The van der Waals surface area contributed by atoms with Gasteiger partial charge in [0.2, 0.25) is 5.55 Å². The van der Waals surface area contributed by atoms with Crippen LogP contribution in [0.5, 0.6) is 5.75 Å². The minimum atomic E-state index is -0.214. The summed E-state index contributed by atoms with van der Waals surface area (Å²) >= 11 is 0. The Bertz CT molecular complexity index is 821. The molecule has 0 saturated carbocycles. The molecule has 0 bridgehead atoms. The number of hydrogen-bond donors (Lipinski definition) is 1. The van der Waals surface area contributed by atoms with E-state index in [9.17, 15) is 0 Å². The van der Waals surface area contributed by atoms with E-state index in [1.165, 1.54) is 6.42 Å². The molecule has 0 amide bonds. The molecular weight excluding hydrogens is 302 g/mol. The maximum Gasteiger partial charge on any atom is 0.227 e. The minimum Gasteiger partial charge on any atom is -0.497 e. The second-order valence-electron chi connectivity index (χ2n) is 5.71. The molecule has 5 nitrogen and oxygen atoms in total. The van der Waals surface area contributed by atoms with Crippen LogP contribution in [0.25, 0.3) is 5.82 Å². The maximum absolute atomic E-state index is 6.42. The summed E-state index contributed by atoms with van der Waals surface area (Å²) in [5.74, 6) is 1.45. The third kappa shape index (κ3) is 3.15. The molecule has 1 aliphatic rings. The molecule has 0 spiro atoms. The first-order valence-electron chi connectivity index (χ1n) is 8.25. The first-order valence-corrected chi connectivity index (χ1v) is 8.25. The van der Waals surface area contributed by atoms with E-state index in [0.29, 0.717) is 11.4 Å². The number of nitrogens with zero attached hydrogens (tertiary/aromatic N) is 2. The average Bonchev–Trinajstić information content (AvgIpc) is 3.08. The number of methoxy groups -OCH3 is 1. The predicted octanol–water partition coefficient (Wildman–Crippen LogP) is 2.52. The third-order valence-corrected chi connectivity index (χ3v) is 4.08. The van der Waals surface area contributed by atoms with Crippen molar-refractivity contribution < 1.29 is 9.15 Å². The highest BCUT2D eigenvalue weighted by molar-refractivity contribution is 5.68. The molecule has 0 aliphatic carbocycles. The smallest absolute Gasteiger partial charge is 0.227 e. The quantitative estimate of drug-likeness (QED) is 0.655. The number of nitrogens with two attached hydrogens (primary N) is 1. The number of rotatable bonds is 6. The van der Waals surface area contributed by atoms with E-state index in [1.54, 1.807) is 13.4 Å². The van der Waals surface area contributed by atoms with Gasteiger partial charge in [-0.1, -0.05) is 25.8 Å². The lowest BCUT2D eigenvalue weighted by Crippen LogP contribution is -2.47. The molecule has 1 aliphatic heterocycles. The van der Waals surface area contributed by atoms with Gasteiger partial charge in [-0.25, -0.2) is 4.99 Å². The number of hydrogen-bond acceptors (Lipinski definition) is 5. The third-order valence-electron chi connectivity index (χ3n) is 4.08. The minimum absolute atomic E-state index is 0.214. The predicted molar refractivity (Wildman–Crippen MR) is 95.0 cm³/mol. The van der Waals surface area contributed by atoms with E-state index < -0.39 is 0 Å². The van der Waals surface area contributed by atoms with E-state index >= 15 is 0 Å². The van der Waals surface area contributed by atoms with E-state index in [4.69, 9.17) is 19.9 Å². The van der Waals surface area contributed by atoms with Crippen molar-refractivity contribution in [1.29, 1.82) is 0 Å². The van der Waals surface area contributed by atoms with Crippen LogP contribution in [-0.2, 0) is 0 Å². The zero-order valence-electron chi connectivity index (χ0n) is 14.1. The number of fused-ring (bicyclic) bond motifs is 1. The van der Waals surface area contributed by atoms with Gasteiger partial charge in [0.25, 0.3) is 0 Å². The summed E-state index contributed by atoms with van der Waals surface area (Å²) in [4.78, 5) is 6.71. The molecule has 1 unspecified atom stereocenters. The van der Waals surface area contributed by atoms with Crippen molar-refractivity contribution in [2.75, 3.05) is 12.0 Å². The van der Waals surface area contributed by atoms with E-state index in [2.05, 4.69) is 19.1 Å². The molecule has 2 aromatic rings. The van der Waals surface area contributed by atoms with Crippen LogP contribution in [-0.4, -0.2) is 13.3 Å². The van der Waals surface area contributed by atoms with Gasteiger partial charge in [0, 0.05) is 5.69 Å². The first kappa shape index (κ1) is 16.2. The lowest BCUT2D eigenvalue weighted by molar-refractivity contribution is 0.415. The molecule has 0 radical (unpaired) electrons. The van der Waals surface area contributed by atoms with Crippen molar-refractivity contribution in [2.45, 2.75) is 32.4 Å². The molecule has 1 aromatic carbocycles. The summed E-state index contributed by atoms with van der Waals surface area (Å²) in [5, 5.41) is 0.823. The molecule has 0 fully saturated rings. The Hall–Kier alpha value is -2.69. The summed E-state index contributed by atoms with van der Waals surface area (Å²) in [5.41, 5.74) is 7.97. The van der Waals surface area contributed by atoms with Crippen molar-refractivity contribution in [3.63, 3.8) is 0 Å². The molecule has 126 valence electrons. The second-order valence-corrected chi connectivity index (χ2v) is 5.71. The van der Waals surface area contributed by atoms with Gasteiger partial charge in [0.15, 0.2) is 0 Å². The van der Waals surface area contributed by atoms with Crippen LogP contribution in [0.15, 0.2) is 58.2 Å². The zero-order chi connectivity index (χ0) is 16.9. The molecule has 1 atom stereocenters. The van der Waals surface area contributed by atoms with Gasteiger partial charge >= 0.3 is 0 Å². The van der Waals surface area contributed by atoms with Gasteiger partial charge in [-0.3, -0.25) is 0 Å². The monoisotopic (exact) mass is 325 g/mol. The topological polar surface area (TPSA) is 64.0 Å². The number of benzene rings is 1. The summed E-state index contributed by atoms with van der Waals surface area (Å²) in [6, 6.07) is 9.66. The Morgan fingerprint density at radius 1 is 1.29 bits per heavy atom. The number of furan rings is 1. The highest BCUT2D eigenvalue weighted by atomic mass is 16.5. The first-order chi connectivity index (χ1) is 11.7. The highest BCUT2D eigenvalue weighted by Gasteiger charge is 2.23. The molecule has 2 heterocycles. The van der Waals surface area contributed by atoms with Gasteiger partial charge in [-0.15, -0.1) is 0 Å². The fraction of sp³-hybridized carbons (Fsp3) is 0.316. The van der Waals surface area contributed by atoms with Crippen LogP contribution in [0, 0.1) is 0 Å². The average molecular weight is 325 g/mol. The van der Waals surface area contributed by atoms with Gasteiger partial charge in [0.05, 0.1) is 18.6 Å². The van der Waals surface area contributed by atoms with Gasteiger partial charge < -0.3 is 19.8 Å². The molecule has 1 aromatic heterocycles. The van der Waals surface area contributed by atoms with E-state index in [1.807, 2.05) is 35.2 Å². The fourth-order valence-corrected chi connectivity index (χ4v) is 2.75. The van der Waals surface area contributed by atoms with Gasteiger partial charge in [0.1, 0.15) is 17.7 Å². The molecule has 0 saturated heterocycles. The molecule has 3 rings (SSSR count). The number of unbranched alkanes of at least 4 members (excludes halogenated alkanes) is 2. The zero-order valence-corrected chi connectivity index (χ0v) is 14.1. The van der Waals surface area contributed by atoms with Crippen LogP contribution >= 0.6 is 0 Å². The van der Waals surface area contributed by atoms with Gasteiger partial charge in [-0.05, 0) is 42.8 Å². The van der Waals surface area contributed by atoms with E-state index in [-0.39, 0.29) is 6.17 Å². The van der Waals surface area contributed by atoms with Crippen LogP contribution in [0.2, 0.25) is 0 Å². The normalized spacial score (nSPS) is 17.0. The molecular formula is C19H23N3O2. The summed E-state index contributed by atoms with van der Waals surface area (Å²) in [6.07, 6.45) is 9.02. The number of ether oxygens (including phenoxy) is 1.